The summed E-state index contributed by atoms with van der Waals surface area (Å²) in [5.74, 6) is 0.476. The molecule has 16 heavy (non-hydrogen) atoms. The Labute approximate surface area is 104 Å². The molecule has 88 valence electrons. The fourth-order valence-corrected chi connectivity index (χ4v) is 1.78. The van der Waals surface area contributed by atoms with Gasteiger partial charge >= 0.3 is 5.97 Å². The van der Waals surface area contributed by atoms with Crippen molar-refractivity contribution in [3.05, 3.63) is 22.8 Å². The number of thioether (sulfide) groups is 1. The molecule has 6 heteroatoms. The van der Waals surface area contributed by atoms with Crippen LogP contribution in [0, 0.1) is 0 Å². The second-order valence-corrected chi connectivity index (χ2v) is 4.61. The fraction of sp³-hybridized carbons (Fsp3) is 0.400. The Kier molecular flexibility index (Phi) is 4.89. The van der Waals surface area contributed by atoms with Crippen LogP contribution in [0.15, 0.2) is 12.1 Å². The third kappa shape index (κ3) is 3.28. The van der Waals surface area contributed by atoms with Crippen LogP contribution in [0.25, 0.3) is 0 Å². The molecule has 0 radical (unpaired) electrons. The lowest BCUT2D eigenvalue weighted by Crippen LogP contribution is -2.22. The van der Waals surface area contributed by atoms with Crippen LogP contribution in [0.4, 0.5) is 5.82 Å². The average Bonchev–Trinajstić information content (AvgIpc) is 2.26. The SMILES string of the molecule is CSCCN(C)c1ccc(Cl)c(C(=O)O)n1. The van der Waals surface area contributed by atoms with Gasteiger partial charge in [0.25, 0.3) is 0 Å². The standard InChI is InChI=1S/C10H13ClN2O2S/c1-13(5-6-16-2)8-4-3-7(11)9(12-8)10(14)15/h3-4H,5-6H2,1-2H3,(H,14,15). The smallest absolute Gasteiger partial charge is 0.356 e. The highest BCUT2D eigenvalue weighted by molar-refractivity contribution is 7.98. The number of pyridine rings is 1. The Morgan fingerprint density at radius 2 is 2.31 bits per heavy atom. The topological polar surface area (TPSA) is 53.4 Å². The number of carboxylic acids is 1. The highest BCUT2D eigenvalue weighted by Crippen LogP contribution is 2.18. The van der Waals surface area contributed by atoms with Crippen molar-refractivity contribution in [1.29, 1.82) is 0 Å². The number of hydrogen-bond acceptors (Lipinski definition) is 4. The number of rotatable bonds is 5. The van der Waals surface area contributed by atoms with Crippen LogP contribution in [0.5, 0.6) is 0 Å². The van der Waals surface area contributed by atoms with E-state index in [1.54, 1.807) is 23.9 Å². The summed E-state index contributed by atoms with van der Waals surface area (Å²) in [5, 5.41) is 9.04. The van der Waals surface area contributed by atoms with E-state index in [1.807, 2.05) is 18.2 Å². The summed E-state index contributed by atoms with van der Waals surface area (Å²) in [6, 6.07) is 3.28. The Balaban J connectivity index is 2.89. The predicted molar refractivity (Wildman–Crippen MR) is 67.9 cm³/mol. The van der Waals surface area contributed by atoms with Crippen LogP contribution in [-0.4, -0.2) is 41.7 Å². The maximum absolute atomic E-state index is 10.8. The van der Waals surface area contributed by atoms with Crippen molar-refractivity contribution < 1.29 is 9.90 Å². The summed E-state index contributed by atoms with van der Waals surface area (Å²) >= 11 is 7.46. The molecular weight excluding hydrogens is 248 g/mol. The molecule has 0 atom stereocenters. The average molecular weight is 261 g/mol. The number of anilines is 1. The zero-order valence-corrected chi connectivity index (χ0v) is 10.7. The summed E-state index contributed by atoms with van der Waals surface area (Å²) in [6.07, 6.45) is 2.02. The Hall–Kier alpha value is -0.940. The second kappa shape index (κ2) is 5.96. The van der Waals surface area contributed by atoms with Gasteiger partial charge in [-0.25, -0.2) is 9.78 Å². The number of carboxylic acid groups (broad SMARTS) is 1. The van der Waals surface area contributed by atoms with Gasteiger partial charge in [-0.3, -0.25) is 0 Å². The molecule has 1 heterocycles. The summed E-state index contributed by atoms with van der Waals surface area (Å²) in [6.45, 7) is 0.814. The van der Waals surface area contributed by atoms with Gasteiger partial charge in [0.05, 0.1) is 5.02 Å². The largest absolute Gasteiger partial charge is 0.476 e. The molecule has 1 aromatic rings. The Morgan fingerprint density at radius 3 is 2.88 bits per heavy atom. The molecule has 0 unspecified atom stereocenters. The van der Waals surface area contributed by atoms with Crippen LogP contribution in [-0.2, 0) is 0 Å². The molecule has 0 fully saturated rings. The van der Waals surface area contributed by atoms with Gasteiger partial charge in [0.15, 0.2) is 5.69 Å². The molecule has 0 aliphatic carbocycles. The van der Waals surface area contributed by atoms with Crippen LogP contribution in [0.1, 0.15) is 10.5 Å². The van der Waals surface area contributed by atoms with Gasteiger partial charge in [0.1, 0.15) is 5.82 Å². The first-order valence-corrected chi connectivity index (χ1v) is 6.43. The van der Waals surface area contributed by atoms with Crippen LogP contribution < -0.4 is 4.90 Å². The van der Waals surface area contributed by atoms with E-state index >= 15 is 0 Å². The molecule has 0 saturated heterocycles. The van der Waals surface area contributed by atoms with E-state index in [2.05, 4.69) is 4.98 Å². The molecular formula is C10H13ClN2O2S. The minimum Gasteiger partial charge on any atom is -0.476 e. The molecule has 0 spiro atoms. The number of carbonyl (C=O) groups is 1. The summed E-state index contributed by atoms with van der Waals surface area (Å²) < 4.78 is 0. The maximum Gasteiger partial charge on any atom is 0.356 e. The zero-order chi connectivity index (χ0) is 12.1. The minimum absolute atomic E-state index is 0.102. The molecule has 0 aliphatic rings. The van der Waals surface area contributed by atoms with E-state index in [0.29, 0.717) is 5.82 Å². The van der Waals surface area contributed by atoms with Crippen molar-refractivity contribution >= 4 is 35.1 Å². The highest BCUT2D eigenvalue weighted by Gasteiger charge is 2.12. The van der Waals surface area contributed by atoms with Crippen molar-refractivity contribution in [3.8, 4) is 0 Å². The predicted octanol–water partition coefficient (Wildman–Crippen LogP) is 2.23. The fourth-order valence-electron chi connectivity index (χ4n) is 1.14. The first-order valence-electron chi connectivity index (χ1n) is 4.66. The third-order valence-corrected chi connectivity index (χ3v) is 2.95. The normalized spacial score (nSPS) is 10.2. The summed E-state index contributed by atoms with van der Waals surface area (Å²) in [5.41, 5.74) is -0.102. The van der Waals surface area contributed by atoms with Crippen molar-refractivity contribution in [2.24, 2.45) is 0 Å². The molecule has 1 rings (SSSR count). The van der Waals surface area contributed by atoms with Crippen LogP contribution in [0.2, 0.25) is 5.02 Å². The number of halogens is 1. The lowest BCUT2D eigenvalue weighted by atomic mass is 10.3. The molecule has 0 aromatic carbocycles. The number of hydrogen-bond donors (Lipinski definition) is 1. The molecule has 0 bridgehead atoms. The lowest BCUT2D eigenvalue weighted by Gasteiger charge is -2.17. The number of aromatic carboxylic acids is 1. The Bertz CT molecular complexity index is 387. The molecule has 0 amide bonds. The van der Waals surface area contributed by atoms with Gasteiger partial charge < -0.3 is 10.0 Å². The molecule has 1 aromatic heterocycles. The van der Waals surface area contributed by atoms with Gasteiger partial charge in [-0.05, 0) is 18.4 Å². The molecule has 4 nitrogen and oxygen atoms in total. The molecule has 1 N–H and O–H groups in total. The van der Waals surface area contributed by atoms with E-state index < -0.39 is 5.97 Å². The second-order valence-electron chi connectivity index (χ2n) is 3.22. The molecule has 0 aliphatic heterocycles. The van der Waals surface area contributed by atoms with Crippen LogP contribution in [0.3, 0.4) is 0 Å². The highest BCUT2D eigenvalue weighted by atomic mass is 35.5. The van der Waals surface area contributed by atoms with Crippen LogP contribution >= 0.6 is 23.4 Å². The van der Waals surface area contributed by atoms with Crippen molar-refractivity contribution in [1.82, 2.24) is 4.98 Å². The van der Waals surface area contributed by atoms with E-state index in [-0.39, 0.29) is 10.7 Å². The summed E-state index contributed by atoms with van der Waals surface area (Å²) in [4.78, 5) is 16.8. The van der Waals surface area contributed by atoms with E-state index in [9.17, 15) is 4.79 Å². The van der Waals surface area contributed by atoms with Gasteiger partial charge in [-0.1, -0.05) is 11.6 Å². The number of nitrogens with zero attached hydrogens (tertiary/aromatic N) is 2. The van der Waals surface area contributed by atoms with Crippen molar-refractivity contribution in [3.63, 3.8) is 0 Å². The first kappa shape index (κ1) is 13.1. The first-order chi connectivity index (χ1) is 7.56. The monoisotopic (exact) mass is 260 g/mol. The summed E-state index contributed by atoms with van der Waals surface area (Å²) in [7, 11) is 1.87. The maximum atomic E-state index is 10.8. The van der Waals surface area contributed by atoms with E-state index in [1.165, 1.54) is 0 Å². The minimum atomic E-state index is -1.11. The zero-order valence-electron chi connectivity index (χ0n) is 9.11. The van der Waals surface area contributed by atoms with Gasteiger partial charge in [0.2, 0.25) is 0 Å². The van der Waals surface area contributed by atoms with Gasteiger partial charge in [-0.15, -0.1) is 0 Å². The van der Waals surface area contributed by atoms with Gasteiger partial charge in [-0.2, -0.15) is 11.8 Å². The quantitative estimate of drug-likeness (QED) is 0.880. The third-order valence-electron chi connectivity index (χ3n) is 2.06. The molecule has 0 saturated carbocycles. The lowest BCUT2D eigenvalue weighted by molar-refractivity contribution is 0.0691. The van der Waals surface area contributed by atoms with Gasteiger partial charge in [0, 0.05) is 19.3 Å². The number of aromatic nitrogens is 1. The van der Waals surface area contributed by atoms with Crippen molar-refractivity contribution in [2.75, 3.05) is 30.5 Å². The van der Waals surface area contributed by atoms with E-state index in [0.717, 1.165) is 12.3 Å². The van der Waals surface area contributed by atoms with E-state index in [4.69, 9.17) is 16.7 Å². The van der Waals surface area contributed by atoms with Crippen molar-refractivity contribution in [2.45, 2.75) is 0 Å². The Morgan fingerprint density at radius 1 is 1.62 bits per heavy atom.